The Hall–Kier alpha value is -2.56. The van der Waals surface area contributed by atoms with Gasteiger partial charge in [0.1, 0.15) is 5.71 Å². The lowest BCUT2D eigenvalue weighted by Crippen LogP contribution is -2.52. The van der Waals surface area contributed by atoms with Crippen molar-refractivity contribution in [2.75, 3.05) is 42.6 Å². The van der Waals surface area contributed by atoms with Gasteiger partial charge < -0.3 is 9.80 Å². The number of sulfone groups is 1. The number of carbonyl (C=O) groups is 2. The predicted molar refractivity (Wildman–Crippen MR) is 101 cm³/mol. The summed E-state index contributed by atoms with van der Waals surface area (Å²) in [4.78, 5) is 37.3. The summed E-state index contributed by atoms with van der Waals surface area (Å²) < 4.78 is 23.4. The van der Waals surface area contributed by atoms with Crippen LogP contribution in [0.2, 0.25) is 0 Å². The molecule has 0 bridgehead atoms. The molecule has 1 atom stereocenters. The van der Waals surface area contributed by atoms with Crippen molar-refractivity contribution in [3.8, 4) is 0 Å². The average molecular weight is 406 g/mol. The molecule has 3 aliphatic heterocycles. The van der Waals surface area contributed by atoms with E-state index < -0.39 is 15.9 Å². The van der Waals surface area contributed by atoms with E-state index in [1.807, 2.05) is 4.90 Å². The monoisotopic (exact) mass is 406 g/mol. The SMILES string of the molecule is O=C(C1=NN([C@@H]2CCS(=O)(=O)C2)C(=O)CC1)N1CCN(c2ncccn2)CC1. The number of carbonyl (C=O) groups excluding carboxylic acids is 2. The number of aromatic nitrogens is 2. The van der Waals surface area contributed by atoms with E-state index in [0.717, 1.165) is 0 Å². The van der Waals surface area contributed by atoms with Gasteiger partial charge in [0, 0.05) is 51.4 Å². The van der Waals surface area contributed by atoms with Crippen molar-refractivity contribution in [1.29, 1.82) is 0 Å². The van der Waals surface area contributed by atoms with Crippen molar-refractivity contribution < 1.29 is 18.0 Å². The van der Waals surface area contributed by atoms with Crippen molar-refractivity contribution in [3.05, 3.63) is 18.5 Å². The standard InChI is InChI=1S/C17H22N6O4S/c24-15-3-2-14(20-23(15)13-4-11-28(26,27)12-13)16(25)21-7-9-22(10-8-21)17-18-5-1-6-19-17/h1,5-6,13H,2-4,7-12H2/t13-/m1/s1. The second-order valence-corrected chi connectivity index (χ2v) is 9.40. The Labute approximate surface area is 163 Å². The van der Waals surface area contributed by atoms with E-state index in [9.17, 15) is 18.0 Å². The predicted octanol–water partition coefficient (Wildman–Crippen LogP) is -0.709. The van der Waals surface area contributed by atoms with Crippen molar-refractivity contribution in [2.24, 2.45) is 5.10 Å². The van der Waals surface area contributed by atoms with Crippen LogP contribution in [0, 0.1) is 0 Å². The molecule has 11 heteroatoms. The summed E-state index contributed by atoms with van der Waals surface area (Å²) >= 11 is 0. The van der Waals surface area contributed by atoms with Gasteiger partial charge in [-0.15, -0.1) is 0 Å². The van der Waals surface area contributed by atoms with Crippen LogP contribution in [0.5, 0.6) is 0 Å². The normalized spacial score (nSPS) is 25.0. The molecular weight excluding hydrogens is 384 g/mol. The number of nitrogens with zero attached hydrogens (tertiary/aromatic N) is 6. The summed E-state index contributed by atoms with van der Waals surface area (Å²) in [7, 11) is -3.13. The first kappa shape index (κ1) is 18.8. The van der Waals surface area contributed by atoms with Gasteiger partial charge in [0.05, 0.1) is 17.5 Å². The Morgan fingerprint density at radius 2 is 1.79 bits per heavy atom. The summed E-state index contributed by atoms with van der Waals surface area (Å²) in [5.41, 5.74) is 0.327. The third kappa shape index (κ3) is 3.84. The summed E-state index contributed by atoms with van der Waals surface area (Å²) in [6.45, 7) is 2.27. The quantitative estimate of drug-likeness (QED) is 0.651. The summed E-state index contributed by atoms with van der Waals surface area (Å²) in [5, 5.41) is 5.50. The maximum Gasteiger partial charge on any atom is 0.270 e. The number of hydrogen-bond donors (Lipinski definition) is 0. The molecule has 0 spiro atoms. The summed E-state index contributed by atoms with van der Waals surface area (Å²) in [5.74, 6) is 0.212. The van der Waals surface area contributed by atoms with Gasteiger partial charge in [-0.1, -0.05) is 0 Å². The van der Waals surface area contributed by atoms with Gasteiger partial charge in [-0.3, -0.25) is 9.59 Å². The highest BCUT2D eigenvalue weighted by Gasteiger charge is 2.38. The van der Waals surface area contributed by atoms with Crippen LogP contribution in [0.25, 0.3) is 0 Å². The maximum atomic E-state index is 12.9. The third-order valence-electron chi connectivity index (χ3n) is 5.26. The van der Waals surface area contributed by atoms with Gasteiger partial charge in [0.25, 0.3) is 5.91 Å². The van der Waals surface area contributed by atoms with Gasteiger partial charge in [0.2, 0.25) is 11.9 Å². The summed E-state index contributed by atoms with van der Waals surface area (Å²) in [6, 6.07) is 1.29. The molecule has 3 aliphatic rings. The zero-order valence-corrected chi connectivity index (χ0v) is 16.2. The first-order valence-corrected chi connectivity index (χ1v) is 11.2. The lowest BCUT2D eigenvalue weighted by molar-refractivity contribution is -0.134. The molecule has 0 aliphatic carbocycles. The van der Waals surface area contributed by atoms with Crippen molar-refractivity contribution in [3.63, 3.8) is 0 Å². The molecular formula is C17H22N6O4S. The number of hydrogen-bond acceptors (Lipinski definition) is 8. The minimum Gasteiger partial charge on any atom is -0.337 e. The molecule has 2 saturated heterocycles. The molecule has 0 radical (unpaired) electrons. The summed E-state index contributed by atoms with van der Waals surface area (Å²) in [6.07, 6.45) is 4.21. The number of anilines is 1. The van der Waals surface area contributed by atoms with Crippen LogP contribution in [-0.2, 0) is 19.4 Å². The highest BCUT2D eigenvalue weighted by Crippen LogP contribution is 2.23. The topological polar surface area (TPSA) is 116 Å². The molecule has 2 amide bonds. The van der Waals surface area contributed by atoms with Gasteiger partial charge in [-0.2, -0.15) is 5.10 Å². The Balaban J connectivity index is 1.42. The van der Waals surface area contributed by atoms with Gasteiger partial charge >= 0.3 is 0 Å². The smallest absolute Gasteiger partial charge is 0.270 e. The minimum atomic E-state index is -3.13. The van der Waals surface area contributed by atoms with Crippen molar-refractivity contribution in [1.82, 2.24) is 19.9 Å². The van der Waals surface area contributed by atoms with Crippen molar-refractivity contribution in [2.45, 2.75) is 25.3 Å². The zero-order valence-electron chi connectivity index (χ0n) is 15.4. The van der Waals surface area contributed by atoms with Crippen LogP contribution < -0.4 is 4.90 Å². The molecule has 150 valence electrons. The number of piperazine rings is 1. The lowest BCUT2D eigenvalue weighted by Gasteiger charge is -2.35. The molecule has 4 rings (SSSR count). The van der Waals surface area contributed by atoms with E-state index in [1.54, 1.807) is 23.4 Å². The number of amides is 2. The van der Waals surface area contributed by atoms with Crippen LogP contribution in [-0.4, -0.2) is 89.5 Å². The number of rotatable bonds is 3. The van der Waals surface area contributed by atoms with Crippen molar-refractivity contribution >= 4 is 33.3 Å². The Morgan fingerprint density at radius 3 is 2.43 bits per heavy atom. The fourth-order valence-corrected chi connectivity index (χ4v) is 5.42. The first-order valence-electron chi connectivity index (χ1n) is 9.34. The first-order chi connectivity index (χ1) is 13.4. The highest BCUT2D eigenvalue weighted by atomic mass is 32.2. The van der Waals surface area contributed by atoms with Gasteiger partial charge in [0.15, 0.2) is 9.84 Å². The van der Waals surface area contributed by atoms with E-state index in [4.69, 9.17) is 0 Å². The van der Waals surface area contributed by atoms with E-state index in [0.29, 0.717) is 44.3 Å². The lowest BCUT2D eigenvalue weighted by atomic mass is 10.1. The molecule has 0 unspecified atom stereocenters. The molecule has 4 heterocycles. The molecule has 1 aromatic rings. The van der Waals surface area contributed by atoms with E-state index in [-0.39, 0.29) is 36.2 Å². The van der Waals surface area contributed by atoms with Gasteiger partial charge in [-0.05, 0) is 12.5 Å². The highest BCUT2D eigenvalue weighted by molar-refractivity contribution is 7.91. The van der Waals surface area contributed by atoms with E-state index >= 15 is 0 Å². The van der Waals surface area contributed by atoms with Gasteiger partial charge in [-0.25, -0.2) is 23.4 Å². The molecule has 0 aromatic carbocycles. The van der Waals surface area contributed by atoms with Crippen LogP contribution in [0.15, 0.2) is 23.6 Å². The van der Waals surface area contributed by atoms with Crippen LogP contribution >= 0.6 is 0 Å². The van der Waals surface area contributed by atoms with E-state index in [2.05, 4.69) is 15.1 Å². The second-order valence-electron chi connectivity index (χ2n) is 7.17. The maximum absolute atomic E-state index is 12.9. The molecule has 2 fully saturated rings. The fraction of sp³-hybridized carbons (Fsp3) is 0.588. The molecule has 1 aromatic heterocycles. The molecule has 0 N–H and O–H groups in total. The van der Waals surface area contributed by atoms with Crippen LogP contribution in [0.1, 0.15) is 19.3 Å². The molecule has 28 heavy (non-hydrogen) atoms. The van der Waals surface area contributed by atoms with E-state index in [1.165, 1.54) is 5.01 Å². The van der Waals surface area contributed by atoms with Crippen LogP contribution in [0.3, 0.4) is 0 Å². The largest absolute Gasteiger partial charge is 0.337 e. The second kappa shape index (κ2) is 7.46. The zero-order chi connectivity index (χ0) is 19.7. The Kier molecular flexibility index (Phi) is 5.00. The third-order valence-corrected chi connectivity index (χ3v) is 7.01. The average Bonchev–Trinajstić information content (AvgIpc) is 3.08. The van der Waals surface area contributed by atoms with Crippen LogP contribution in [0.4, 0.5) is 5.95 Å². The Bertz CT molecular complexity index is 895. The molecule has 10 nitrogen and oxygen atoms in total. The molecule has 0 saturated carbocycles. The fourth-order valence-electron chi connectivity index (χ4n) is 3.73. The number of hydrazone groups is 1. The minimum absolute atomic E-state index is 0.0593. The Morgan fingerprint density at radius 1 is 1.07 bits per heavy atom.